The van der Waals surface area contributed by atoms with Crippen LogP contribution in [0.5, 0.6) is 0 Å². The summed E-state index contributed by atoms with van der Waals surface area (Å²) in [6, 6.07) is 0. The Hall–Kier alpha value is -0.220. The van der Waals surface area contributed by atoms with Crippen LogP contribution in [-0.2, 0) is 9.47 Å². The first-order valence-corrected chi connectivity index (χ1v) is 6.98. The third-order valence-corrected chi connectivity index (χ3v) is 4.88. The Morgan fingerprint density at radius 2 is 2.07 bits per heavy atom. The van der Waals surface area contributed by atoms with Crippen LogP contribution >= 0.6 is 10.9 Å². The summed E-state index contributed by atoms with van der Waals surface area (Å²) in [5, 5.41) is 0.323. The van der Waals surface area contributed by atoms with E-state index in [-0.39, 0.29) is 10.9 Å². The van der Waals surface area contributed by atoms with Gasteiger partial charge in [-0.2, -0.15) is 0 Å². The molecule has 1 aliphatic rings. The van der Waals surface area contributed by atoms with E-state index in [1.54, 1.807) is 0 Å². The van der Waals surface area contributed by atoms with Crippen molar-refractivity contribution in [3.8, 4) is 0 Å². The Bertz CT molecular complexity index is 232. The third kappa shape index (κ3) is 3.68. The first-order valence-electron chi connectivity index (χ1n) is 5.38. The highest BCUT2D eigenvalue weighted by Gasteiger charge is 2.35. The molecule has 0 amide bonds. The van der Waals surface area contributed by atoms with E-state index in [2.05, 4.69) is 13.8 Å². The van der Waals surface area contributed by atoms with Crippen molar-refractivity contribution in [2.45, 2.75) is 45.5 Å². The van der Waals surface area contributed by atoms with Crippen LogP contribution in [0.4, 0.5) is 4.79 Å². The average molecular weight is 234 g/mol. The van der Waals surface area contributed by atoms with Crippen molar-refractivity contribution in [2.75, 3.05) is 12.5 Å². The van der Waals surface area contributed by atoms with Crippen LogP contribution in [0.1, 0.15) is 34.6 Å². The maximum absolute atomic E-state index is 11.9. The zero-order valence-electron chi connectivity index (χ0n) is 10.2. The molecule has 1 fully saturated rings. The highest BCUT2D eigenvalue weighted by Crippen LogP contribution is 2.43. The molecule has 90 valence electrons. The van der Waals surface area contributed by atoms with Crippen molar-refractivity contribution < 1.29 is 14.3 Å². The Labute approximate surface area is 94.9 Å². The molecule has 1 saturated heterocycles. The lowest BCUT2D eigenvalue weighted by atomic mass is 10.1. The van der Waals surface area contributed by atoms with E-state index >= 15 is 0 Å². The molecule has 1 aliphatic heterocycles. The van der Waals surface area contributed by atoms with Crippen LogP contribution in [0.15, 0.2) is 0 Å². The van der Waals surface area contributed by atoms with Crippen LogP contribution in [-0.4, -0.2) is 28.7 Å². The molecule has 3 nitrogen and oxygen atoms in total. The molecule has 2 unspecified atom stereocenters. The normalized spacial score (nSPS) is 29.5. The second-order valence-corrected chi connectivity index (χ2v) is 7.49. The fourth-order valence-electron chi connectivity index (χ4n) is 1.52. The maximum atomic E-state index is 11.9. The molecule has 0 aromatic heterocycles. The van der Waals surface area contributed by atoms with Gasteiger partial charge in [0, 0.05) is 5.25 Å². The molecular weight excluding hydrogens is 212 g/mol. The highest BCUT2D eigenvalue weighted by molar-refractivity contribution is 8.30. The van der Waals surface area contributed by atoms with Gasteiger partial charge in [0.05, 0.1) is 12.5 Å². The van der Waals surface area contributed by atoms with Crippen molar-refractivity contribution in [2.24, 2.45) is 5.92 Å². The van der Waals surface area contributed by atoms with E-state index in [4.69, 9.17) is 9.47 Å². The lowest BCUT2D eigenvalue weighted by Crippen LogP contribution is -2.26. The highest BCUT2D eigenvalue weighted by atomic mass is 32.2. The summed E-state index contributed by atoms with van der Waals surface area (Å²) in [5.74, 6) is 1.07. The molecule has 0 bridgehead atoms. The van der Waals surface area contributed by atoms with Gasteiger partial charge in [-0.3, -0.25) is 0 Å². The van der Waals surface area contributed by atoms with E-state index in [1.807, 2.05) is 20.8 Å². The molecule has 0 N–H and O–H groups in total. The van der Waals surface area contributed by atoms with Crippen molar-refractivity contribution >= 4 is 16.2 Å². The van der Waals surface area contributed by atoms with Crippen LogP contribution in [0.3, 0.4) is 0 Å². The average Bonchev–Trinajstić information content (AvgIpc) is 2.47. The monoisotopic (exact) mass is 234 g/mol. The molecule has 0 spiro atoms. The molecule has 4 heteroatoms. The summed E-state index contributed by atoms with van der Waals surface area (Å²) in [4.78, 5) is 11.9. The number of hydrogen-bond acceptors (Lipinski definition) is 3. The molecule has 0 radical (unpaired) electrons. The summed E-state index contributed by atoms with van der Waals surface area (Å²) in [5.41, 5.74) is -0.385. The van der Waals surface area contributed by atoms with Gasteiger partial charge < -0.3 is 9.47 Å². The molecule has 0 aromatic carbocycles. The predicted octanol–water partition coefficient (Wildman–Crippen LogP) is 2.94. The van der Waals surface area contributed by atoms with E-state index in [0.29, 0.717) is 23.7 Å². The smallest absolute Gasteiger partial charge is 0.349 e. The summed E-state index contributed by atoms with van der Waals surface area (Å²) in [7, 11) is -0.757. The van der Waals surface area contributed by atoms with Crippen LogP contribution in [0.2, 0.25) is 0 Å². The van der Waals surface area contributed by atoms with Crippen LogP contribution in [0, 0.1) is 5.92 Å². The number of thiol groups is 1. The first kappa shape index (κ1) is 12.8. The fourth-order valence-corrected chi connectivity index (χ4v) is 3.78. The molecule has 1 heterocycles. The van der Waals surface area contributed by atoms with Gasteiger partial charge in [0.1, 0.15) is 5.60 Å². The van der Waals surface area contributed by atoms with Gasteiger partial charge in [-0.15, -0.1) is 10.9 Å². The van der Waals surface area contributed by atoms with Gasteiger partial charge in [0.2, 0.25) is 0 Å². The van der Waals surface area contributed by atoms with Gasteiger partial charge in [0.15, 0.2) is 0 Å². The maximum Gasteiger partial charge on any atom is 0.349 e. The number of rotatable bonds is 1. The van der Waals surface area contributed by atoms with Crippen molar-refractivity contribution in [1.29, 1.82) is 0 Å². The summed E-state index contributed by atoms with van der Waals surface area (Å²) in [6.07, 6.45) is 0. The van der Waals surface area contributed by atoms with E-state index in [9.17, 15) is 4.79 Å². The molecule has 0 saturated carbocycles. The largest absolute Gasteiger partial charge is 0.453 e. The number of hydrogen-bond donors (Lipinski definition) is 1. The van der Waals surface area contributed by atoms with Gasteiger partial charge in [-0.1, -0.05) is 13.8 Å². The number of carbonyl (C=O) groups is 1. The minimum atomic E-state index is -0.757. The fraction of sp³-hybridized carbons (Fsp3) is 0.909. The molecule has 0 aliphatic carbocycles. The lowest BCUT2D eigenvalue weighted by Gasteiger charge is -2.27. The Kier molecular flexibility index (Phi) is 4.06. The van der Waals surface area contributed by atoms with E-state index in [0.717, 1.165) is 0 Å². The molecule has 0 aromatic rings. The molecular formula is C11H22O3S. The SMILES string of the molecule is CC(C)C1COC[SH]1C(=O)OC(C)(C)C. The van der Waals surface area contributed by atoms with E-state index in [1.165, 1.54) is 0 Å². The summed E-state index contributed by atoms with van der Waals surface area (Å²) < 4.78 is 10.8. The Morgan fingerprint density at radius 3 is 2.53 bits per heavy atom. The van der Waals surface area contributed by atoms with Crippen molar-refractivity contribution in [3.05, 3.63) is 0 Å². The Morgan fingerprint density at radius 1 is 1.47 bits per heavy atom. The molecule has 2 atom stereocenters. The minimum Gasteiger partial charge on any atom is -0.453 e. The van der Waals surface area contributed by atoms with Gasteiger partial charge in [-0.05, 0) is 26.7 Å². The second-order valence-electron chi connectivity index (χ2n) is 5.26. The zero-order chi connectivity index (χ0) is 11.6. The van der Waals surface area contributed by atoms with E-state index < -0.39 is 10.9 Å². The second kappa shape index (κ2) is 4.74. The minimum absolute atomic E-state index is 0.0475. The first-order chi connectivity index (χ1) is 6.81. The van der Waals surface area contributed by atoms with Crippen LogP contribution < -0.4 is 0 Å². The predicted molar refractivity (Wildman–Crippen MR) is 64.7 cm³/mol. The number of ether oxygens (including phenoxy) is 2. The van der Waals surface area contributed by atoms with Gasteiger partial charge >= 0.3 is 5.30 Å². The molecule has 15 heavy (non-hydrogen) atoms. The zero-order valence-corrected chi connectivity index (χ0v) is 11.1. The number of carbonyl (C=O) groups excluding carboxylic acids is 1. The van der Waals surface area contributed by atoms with Crippen LogP contribution in [0.25, 0.3) is 0 Å². The standard InChI is InChI=1S/C11H22O3S/c1-8(2)9-6-13-7-15(9)10(12)14-11(3,4)5/h8-9,15H,6-7H2,1-5H3. The molecule has 1 rings (SSSR count). The quantitative estimate of drug-likeness (QED) is 0.559. The lowest BCUT2D eigenvalue weighted by molar-refractivity contribution is 0.0732. The summed E-state index contributed by atoms with van der Waals surface area (Å²) in [6.45, 7) is 10.7. The Balaban J connectivity index is 2.59. The topological polar surface area (TPSA) is 35.5 Å². The third-order valence-electron chi connectivity index (χ3n) is 2.32. The van der Waals surface area contributed by atoms with Gasteiger partial charge in [0.25, 0.3) is 0 Å². The van der Waals surface area contributed by atoms with Gasteiger partial charge in [-0.25, -0.2) is 4.79 Å². The van der Waals surface area contributed by atoms with Crippen molar-refractivity contribution in [1.82, 2.24) is 0 Å². The van der Waals surface area contributed by atoms with Crippen molar-refractivity contribution in [3.63, 3.8) is 0 Å². The summed E-state index contributed by atoms with van der Waals surface area (Å²) >= 11 is 0.